The van der Waals surface area contributed by atoms with E-state index in [2.05, 4.69) is 26.2 Å². The van der Waals surface area contributed by atoms with Crippen LogP contribution in [0.5, 0.6) is 5.75 Å². The number of hydrogen-bond donors (Lipinski definition) is 0. The third-order valence-corrected chi connectivity index (χ3v) is 2.81. The summed E-state index contributed by atoms with van der Waals surface area (Å²) in [5.41, 5.74) is 2.16. The van der Waals surface area contributed by atoms with E-state index in [0.29, 0.717) is 6.54 Å². The zero-order chi connectivity index (χ0) is 12.1. The summed E-state index contributed by atoms with van der Waals surface area (Å²) < 4.78 is 7.02. The average molecular weight is 296 g/mol. The van der Waals surface area contributed by atoms with Crippen molar-refractivity contribution < 1.29 is 4.74 Å². The van der Waals surface area contributed by atoms with E-state index < -0.39 is 0 Å². The molecule has 0 radical (unpaired) electrons. The van der Waals surface area contributed by atoms with E-state index in [1.807, 2.05) is 35.1 Å². The molecule has 2 rings (SSSR count). The van der Waals surface area contributed by atoms with Gasteiger partial charge >= 0.3 is 0 Å². The Morgan fingerprint density at radius 1 is 1.41 bits per heavy atom. The highest BCUT2D eigenvalue weighted by Crippen LogP contribution is 2.13. The Kier molecular flexibility index (Phi) is 4.14. The highest BCUT2D eigenvalue weighted by atomic mass is 79.9. The molecule has 2 aromatic rings. The molecule has 0 saturated heterocycles. The van der Waals surface area contributed by atoms with Crippen LogP contribution in [0.4, 0.5) is 0 Å². The first-order valence-electron chi connectivity index (χ1n) is 5.39. The van der Waals surface area contributed by atoms with Crippen LogP contribution in [0.3, 0.4) is 0 Å². The lowest BCUT2D eigenvalue weighted by atomic mass is 10.2. The highest BCUT2D eigenvalue weighted by molar-refractivity contribution is 9.09. The van der Waals surface area contributed by atoms with Crippen LogP contribution < -0.4 is 4.74 Å². The van der Waals surface area contributed by atoms with Gasteiger partial charge in [-0.1, -0.05) is 33.3 Å². The largest absolute Gasteiger partial charge is 0.497 e. The summed E-state index contributed by atoms with van der Waals surface area (Å²) in [5, 5.41) is 9.09. The Morgan fingerprint density at radius 3 is 3.06 bits per heavy atom. The average Bonchev–Trinajstić information content (AvgIpc) is 2.77. The molecule has 1 aromatic heterocycles. The number of ether oxygens (including phenoxy) is 1. The van der Waals surface area contributed by atoms with Crippen molar-refractivity contribution in [2.75, 3.05) is 12.4 Å². The number of nitrogens with zero attached hydrogens (tertiary/aromatic N) is 3. The zero-order valence-electron chi connectivity index (χ0n) is 9.64. The van der Waals surface area contributed by atoms with Crippen LogP contribution in [0.25, 0.3) is 0 Å². The van der Waals surface area contributed by atoms with Crippen LogP contribution in [0.2, 0.25) is 0 Å². The minimum atomic E-state index is 0.715. The Labute approximate surface area is 109 Å². The van der Waals surface area contributed by atoms with E-state index in [9.17, 15) is 0 Å². The van der Waals surface area contributed by atoms with E-state index in [1.165, 1.54) is 0 Å². The van der Waals surface area contributed by atoms with Crippen molar-refractivity contribution in [1.29, 1.82) is 0 Å². The summed E-state index contributed by atoms with van der Waals surface area (Å²) in [6.07, 6.45) is 2.87. The monoisotopic (exact) mass is 295 g/mol. The van der Waals surface area contributed by atoms with Crippen LogP contribution >= 0.6 is 15.9 Å². The molecular weight excluding hydrogens is 282 g/mol. The predicted octanol–water partition coefficient (Wildman–Crippen LogP) is 2.27. The molecule has 0 aliphatic rings. The number of hydrogen-bond acceptors (Lipinski definition) is 3. The Morgan fingerprint density at radius 2 is 2.29 bits per heavy atom. The van der Waals surface area contributed by atoms with Crippen LogP contribution in [0.1, 0.15) is 11.3 Å². The molecule has 0 amide bonds. The number of methoxy groups -OCH3 is 1. The van der Waals surface area contributed by atoms with Gasteiger partial charge in [-0.2, -0.15) is 0 Å². The molecule has 4 nitrogen and oxygen atoms in total. The third kappa shape index (κ3) is 3.30. The van der Waals surface area contributed by atoms with E-state index >= 15 is 0 Å². The fourth-order valence-corrected chi connectivity index (χ4v) is 1.99. The van der Waals surface area contributed by atoms with Gasteiger partial charge in [-0.05, 0) is 17.7 Å². The molecule has 0 bridgehead atoms. The van der Waals surface area contributed by atoms with Crippen molar-refractivity contribution in [3.05, 3.63) is 41.7 Å². The van der Waals surface area contributed by atoms with Gasteiger partial charge in [0.2, 0.25) is 0 Å². The fourth-order valence-electron chi connectivity index (χ4n) is 1.59. The molecule has 17 heavy (non-hydrogen) atoms. The van der Waals surface area contributed by atoms with Crippen molar-refractivity contribution in [3.63, 3.8) is 0 Å². The molecule has 0 saturated carbocycles. The summed E-state index contributed by atoms with van der Waals surface area (Å²) in [5.74, 6) is 0.864. The summed E-state index contributed by atoms with van der Waals surface area (Å²) in [6.45, 7) is 0.715. The molecular formula is C12H14BrN3O. The molecule has 0 aliphatic carbocycles. The second kappa shape index (κ2) is 5.82. The first kappa shape index (κ1) is 12.1. The third-order valence-electron chi connectivity index (χ3n) is 2.42. The molecule has 0 N–H and O–H groups in total. The van der Waals surface area contributed by atoms with E-state index in [4.69, 9.17) is 4.74 Å². The summed E-state index contributed by atoms with van der Waals surface area (Å²) in [4.78, 5) is 0. The number of aromatic nitrogens is 3. The second-order valence-electron chi connectivity index (χ2n) is 3.70. The number of rotatable bonds is 5. The van der Waals surface area contributed by atoms with E-state index in [1.54, 1.807) is 7.11 Å². The topological polar surface area (TPSA) is 39.9 Å². The number of aryl methyl sites for hydroxylation is 1. The minimum absolute atomic E-state index is 0.715. The normalized spacial score (nSPS) is 10.5. The van der Waals surface area contributed by atoms with Crippen LogP contribution in [-0.4, -0.2) is 27.4 Å². The van der Waals surface area contributed by atoms with Crippen molar-refractivity contribution in [2.24, 2.45) is 0 Å². The van der Waals surface area contributed by atoms with Crippen molar-refractivity contribution in [2.45, 2.75) is 13.0 Å². The second-order valence-corrected chi connectivity index (χ2v) is 4.49. The van der Waals surface area contributed by atoms with Gasteiger partial charge in [0, 0.05) is 17.9 Å². The summed E-state index contributed by atoms with van der Waals surface area (Å²) in [7, 11) is 1.67. The van der Waals surface area contributed by atoms with Crippen LogP contribution in [-0.2, 0) is 13.0 Å². The van der Waals surface area contributed by atoms with Gasteiger partial charge in [0.1, 0.15) is 5.75 Å². The molecule has 0 fully saturated rings. The molecule has 1 heterocycles. The molecule has 5 heteroatoms. The standard InChI is InChI=1S/C12H14BrN3O/c1-17-12-4-2-3-10(7-12)8-16-9-11(5-6-13)14-15-16/h2-4,7,9H,5-6,8H2,1H3. The lowest BCUT2D eigenvalue weighted by Crippen LogP contribution is -2.00. The van der Waals surface area contributed by atoms with Crippen molar-refractivity contribution in [3.8, 4) is 5.75 Å². The Hall–Kier alpha value is -1.36. The predicted molar refractivity (Wildman–Crippen MR) is 69.6 cm³/mol. The SMILES string of the molecule is COc1cccc(Cn2cc(CCBr)nn2)c1. The van der Waals surface area contributed by atoms with Crippen LogP contribution in [0.15, 0.2) is 30.5 Å². The summed E-state index contributed by atoms with van der Waals surface area (Å²) in [6, 6.07) is 7.96. The van der Waals surface area contributed by atoms with Crippen LogP contribution in [0, 0.1) is 0 Å². The van der Waals surface area contributed by atoms with E-state index in [0.717, 1.165) is 28.8 Å². The molecule has 90 valence electrons. The maximum absolute atomic E-state index is 5.18. The van der Waals surface area contributed by atoms with Crippen molar-refractivity contribution >= 4 is 15.9 Å². The quantitative estimate of drug-likeness (QED) is 0.795. The number of alkyl halides is 1. The first-order chi connectivity index (χ1) is 8.31. The maximum Gasteiger partial charge on any atom is 0.119 e. The summed E-state index contributed by atoms with van der Waals surface area (Å²) >= 11 is 3.39. The molecule has 0 atom stereocenters. The van der Waals surface area contributed by atoms with Gasteiger partial charge in [-0.15, -0.1) is 5.10 Å². The van der Waals surface area contributed by atoms with Gasteiger partial charge in [0.25, 0.3) is 0 Å². The molecule has 0 aliphatic heterocycles. The lowest BCUT2D eigenvalue weighted by molar-refractivity contribution is 0.414. The molecule has 0 unspecified atom stereocenters. The molecule has 0 spiro atoms. The zero-order valence-corrected chi connectivity index (χ0v) is 11.2. The first-order valence-corrected chi connectivity index (χ1v) is 6.52. The number of halogens is 1. The van der Waals surface area contributed by atoms with Gasteiger partial charge in [0.05, 0.1) is 19.3 Å². The van der Waals surface area contributed by atoms with Gasteiger partial charge in [0.15, 0.2) is 0 Å². The van der Waals surface area contributed by atoms with E-state index in [-0.39, 0.29) is 0 Å². The van der Waals surface area contributed by atoms with Gasteiger partial charge in [-0.25, -0.2) is 4.68 Å². The van der Waals surface area contributed by atoms with Crippen molar-refractivity contribution in [1.82, 2.24) is 15.0 Å². The minimum Gasteiger partial charge on any atom is -0.497 e. The molecule has 1 aromatic carbocycles. The number of benzene rings is 1. The fraction of sp³-hybridized carbons (Fsp3) is 0.333. The Bertz CT molecular complexity index is 484. The maximum atomic E-state index is 5.18. The highest BCUT2D eigenvalue weighted by Gasteiger charge is 2.01. The lowest BCUT2D eigenvalue weighted by Gasteiger charge is -2.03. The smallest absolute Gasteiger partial charge is 0.119 e. The van der Waals surface area contributed by atoms with Gasteiger partial charge < -0.3 is 4.74 Å². The van der Waals surface area contributed by atoms with Gasteiger partial charge in [-0.3, -0.25) is 0 Å². The Balaban J connectivity index is 2.08.